The van der Waals surface area contributed by atoms with Crippen LogP contribution < -0.4 is 5.32 Å². The smallest absolute Gasteiger partial charge is 0.0449 e. The number of benzene rings is 1. The molecule has 1 N–H and O–H groups in total. The highest BCUT2D eigenvalue weighted by molar-refractivity contribution is 5.24. The molecule has 0 saturated carbocycles. The fourth-order valence-electron chi connectivity index (χ4n) is 2.62. The lowest BCUT2D eigenvalue weighted by Gasteiger charge is -2.35. The van der Waals surface area contributed by atoms with Gasteiger partial charge >= 0.3 is 0 Å². The molecule has 1 aromatic rings. The summed E-state index contributed by atoms with van der Waals surface area (Å²) >= 11 is 0. The Morgan fingerprint density at radius 1 is 1.11 bits per heavy atom. The second-order valence-corrected chi connectivity index (χ2v) is 5.62. The molecule has 3 heteroatoms. The first-order valence-electron chi connectivity index (χ1n) is 7.40. The number of piperazine rings is 1. The predicted molar refractivity (Wildman–Crippen MR) is 81.5 cm³/mol. The van der Waals surface area contributed by atoms with E-state index in [4.69, 9.17) is 0 Å². The van der Waals surface area contributed by atoms with E-state index in [2.05, 4.69) is 60.3 Å². The molecule has 1 unspecified atom stereocenters. The SMILES string of the molecule is CCNC(CN1CCN(C)CC1)c1ccc(C)cc1. The van der Waals surface area contributed by atoms with Crippen LogP contribution in [0.3, 0.4) is 0 Å². The van der Waals surface area contributed by atoms with Gasteiger partial charge in [-0.25, -0.2) is 0 Å². The molecule has 0 aliphatic carbocycles. The maximum absolute atomic E-state index is 3.62. The Morgan fingerprint density at radius 2 is 1.74 bits per heavy atom. The molecular weight excluding hydrogens is 234 g/mol. The van der Waals surface area contributed by atoms with E-state index in [9.17, 15) is 0 Å². The van der Waals surface area contributed by atoms with Crippen LogP contribution in [0.1, 0.15) is 24.1 Å². The van der Waals surface area contributed by atoms with E-state index in [-0.39, 0.29) is 0 Å². The third kappa shape index (κ3) is 4.30. The summed E-state index contributed by atoms with van der Waals surface area (Å²) in [6.07, 6.45) is 0. The zero-order chi connectivity index (χ0) is 13.7. The van der Waals surface area contributed by atoms with Gasteiger partial charge in [0.1, 0.15) is 0 Å². The van der Waals surface area contributed by atoms with Crippen LogP contribution in [0.4, 0.5) is 0 Å². The molecule has 0 radical (unpaired) electrons. The fraction of sp³-hybridized carbons (Fsp3) is 0.625. The van der Waals surface area contributed by atoms with Crippen LogP contribution in [-0.4, -0.2) is 56.1 Å². The first-order chi connectivity index (χ1) is 9.19. The van der Waals surface area contributed by atoms with Crippen LogP contribution in [0, 0.1) is 6.92 Å². The van der Waals surface area contributed by atoms with Crippen LogP contribution in [-0.2, 0) is 0 Å². The largest absolute Gasteiger partial charge is 0.309 e. The van der Waals surface area contributed by atoms with E-state index < -0.39 is 0 Å². The number of aryl methyl sites for hydroxylation is 1. The van der Waals surface area contributed by atoms with Gasteiger partial charge in [-0.15, -0.1) is 0 Å². The predicted octanol–water partition coefficient (Wildman–Crippen LogP) is 1.89. The molecule has 3 nitrogen and oxygen atoms in total. The van der Waals surface area contributed by atoms with Gasteiger partial charge in [-0.05, 0) is 26.1 Å². The van der Waals surface area contributed by atoms with Crippen molar-refractivity contribution in [2.75, 3.05) is 46.3 Å². The Kier molecular flexibility index (Phi) is 5.37. The molecule has 1 saturated heterocycles. The Balaban J connectivity index is 1.97. The van der Waals surface area contributed by atoms with Gasteiger partial charge < -0.3 is 10.2 Å². The average molecular weight is 261 g/mol. The van der Waals surface area contributed by atoms with Gasteiger partial charge in [0.05, 0.1) is 0 Å². The quantitative estimate of drug-likeness (QED) is 0.873. The molecule has 106 valence electrons. The molecule has 2 rings (SSSR count). The van der Waals surface area contributed by atoms with E-state index in [1.807, 2.05) is 0 Å². The molecule has 1 aromatic carbocycles. The Bertz CT molecular complexity index is 366. The Hall–Kier alpha value is -0.900. The summed E-state index contributed by atoms with van der Waals surface area (Å²) in [6, 6.07) is 9.40. The molecule has 1 aliphatic rings. The van der Waals surface area contributed by atoms with Gasteiger partial charge in [0, 0.05) is 38.8 Å². The molecule has 1 aliphatic heterocycles. The zero-order valence-electron chi connectivity index (χ0n) is 12.5. The van der Waals surface area contributed by atoms with Gasteiger partial charge in [0.2, 0.25) is 0 Å². The topological polar surface area (TPSA) is 18.5 Å². The third-order valence-corrected chi connectivity index (χ3v) is 3.97. The summed E-state index contributed by atoms with van der Waals surface area (Å²) in [5.74, 6) is 0. The van der Waals surface area contributed by atoms with Crippen molar-refractivity contribution in [2.24, 2.45) is 0 Å². The lowest BCUT2D eigenvalue weighted by Crippen LogP contribution is -2.47. The van der Waals surface area contributed by atoms with Crippen LogP contribution in [0.15, 0.2) is 24.3 Å². The number of rotatable bonds is 5. The van der Waals surface area contributed by atoms with Crippen molar-refractivity contribution in [3.8, 4) is 0 Å². The molecule has 1 fully saturated rings. The molecule has 0 aromatic heterocycles. The summed E-state index contributed by atoms with van der Waals surface area (Å²) in [5.41, 5.74) is 2.74. The number of nitrogens with zero attached hydrogens (tertiary/aromatic N) is 2. The van der Waals surface area contributed by atoms with Gasteiger partial charge in [0.15, 0.2) is 0 Å². The van der Waals surface area contributed by atoms with Gasteiger partial charge in [-0.1, -0.05) is 36.8 Å². The summed E-state index contributed by atoms with van der Waals surface area (Å²) in [6.45, 7) is 11.2. The minimum Gasteiger partial charge on any atom is -0.309 e. The van der Waals surface area contributed by atoms with Gasteiger partial charge in [-0.3, -0.25) is 4.90 Å². The van der Waals surface area contributed by atoms with Crippen molar-refractivity contribution in [2.45, 2.75) is 19.9 Å². The molecule has 0 spiro atoms. The Labute approximate surface area is 117 Å². The van der Waals surface area contributed by atoms with E-state index in [0.717, 1.165) is 13.1 Å². The number of likely N-dealkylation sites (N-methyl/N-ethyl adjacent to an activating group) is 2. The van der Waals surface area contributed by atoms with Crippen molar-refractivity contribution in [1.29, 1.82) is 0 Å². The van der Waals surface area contributed by atoms with Crippen molar-refractivity contribution < 1.29 is 0 Å². The maximum Gasteiger partial charge on any atom is 0.0449 e. The zero-order valence-corrected chi connectivity index (χ0v) is 12.5. The average Bonchev–Trinajstić information content (AvgIpc) is 2.42. The van der Waals surface area contributed by atoms with Gasteiger partial charge in [0.25, 0.3) is 0 Å². The highest BCUT2D eigenvalue weighted by Crippen LogP contribution is 2.16. The van der Waals surface area contributed by atoms with Crippen molar-refractivity contribution >= 4 is 0 Å². The molecule has 1 atom stereocenters. The fourth-order valence-corrected chi connectivity index (χ4v) is 2.62. The first-order valence-corrected chi connectivity index (χ1v) is 7.40. The lowest BCUT2D eigenvalue weighted by molar-refractivity contribution is 0.142. The van der Waals surface area contributed by atoms with Crippen LogP contribution in [0.25, 0.3) is 0 Å². The highest BCUT2D eigenvalue weighted by Gasteiger charge is 2.18. The maximum atomic E-state index is 3.62. The minimum atomic E-state index is 0.453. The van der Waals surface area contributed by atoms with E-state index in [0.29, 0.717) is 6.04 Å². The van der Waals surface area contributed by atoms with Gasteiger partial charge in [-0.2, -0.15) is 0 Å². The number of nitrogens with one attached hydrogen (secondary N) is 1. The lowest BCUT2D eigenvalue weighted by atomic mass is 10.0. The number of hydrogen-bond acceptors (Lipinski definition) is 3. The summed E-state index contributed by atoms with van der Waals surface area (Å²) in [5, 5.41) is 3.62. The second kappa shape index (κ2) is 7.04. The first kappa shape index (κ1) is 14.5. The molecule has 19 heavy (non-hydrogen) atoms. The number of hydrogen-bond donors (Lipinski definition) is 1. The molecule has 1 heterocycles. The molecule has 0 bridgehead atoms. The van der Waals surface area contributed by atoms with Crippen LogP contribution in [0.2, 0.25) is 0 Å². The van der Waals surface area contributed by atoms with Crippen molar-refractivity contribution in [3.63, 3.8) is 0 Å². The standard InChI is InChI=1S/C16H27N3/c1-4-17-16(15-7-5-14(2)6-8-15)13-19-11-9-18(3)10-12-19/h5-8,16-17H,4,9-13H2,1-3H3. The van der Waals surface area contributed by atoms with Crippen LogP contribution >= 0.6 is 0 Å². The van der Waals surface area contributed by atoms with Crippen molar-refractivity contribution in [1.82, 2.24) is 15.1 Å². The second-order valence-electron chi connectivity index (χ2n) is 5.62. The normalized spacial score (nSPS) is 19.5. The van der Waals surface area contributed by atoms with E-state index in [1.165, 1.54) is 37.3 Å². The molecular formula is C16H27N3. The van der Waals surface area contributed by atoms with Crippen LogP contribution in [0.5, 0.6) is 0 Å². The third-order valence-electron chi connectivity index (χ3n) is 3.97. The summed E-state index contributed by atoms with van der Waals surface area (Å²) < 4.78 is 0. The van der Waals surface area contributed by atoms with Crippen molar-refractivity contribution in [3.05, 3.63) is 35.4 Å². The molecule has 0 amide bonds. The Morgan fingerprint density at radius 3 is 2.32 bits per heavy atom. The summed E-state index contributed by atoms with van der Waals surface area (Å²) in [7, 11) is 2.21. The van der Waals surface area contributed by atoms with E-state index >= 15 is 0 Å². The highest BCUT2D eigenvalue weighted by atomic mass is 15.3. The summed E-state index contributed by atoms with van der Waals surface area (Å²) in [4.78, 5) is 4.98. The van der Waals surface area contributed by atoms with E-state index in [1.54, 1.807) is 0 Å². The minimum absolute atomic E-state index is 0.453. The monoisotopic (exact) mass is 261 g/mol.